The third-order valence-electron chi connectivity index (χ3n) is 4.33. The third-order valence-corrected chi connectivity index (χ3v) is 4.33. The first kappa shape index (κ1) is 13.8. The van der Waals surface area contributed by atoms with Crippen LogP contribution in [0.4, 0.5) is 5.69 Å². The minimum atomic E-state index is -0.528. The molecule has 0 unspecified atom stereocenters. The number of nitrogens with zero attached hydrogens (tertiary/aromatic N) is 2. The maximum absolute atomic E-state index is 12.7. The van der Waals surface area contributed by atoms with Crippen molar-refractivity contribution in [1.29, 1.82) is 0 Å². The zero-order valence-corrected chi connectivity index (χ0v) is 11.7. The Labute approximate surface area is 122 Å². The zero-order chi connectivity index (χ0) is 15.0. The number of carbonyl (C=O) groups is 1. The van der Waals surface area contributed by atoms with Crippen molar-refractivity contribution in [3.05, 3.63) is 33.9 Å². The molecule has 21 heavy (non-hydrogen) atoms. The SMILES string of the molecule is COc1c(C(=O)N2CC[C@H]3CNC[C@H]32)cccc1[N+](=O)[O-]. The molecule has 1 amide bonds. The van der Waals surface area contributed by atoms with Crippen LogP contribution in [0.5, 0.6) is 5.75 Å². The molecule has 1 aromatic carbocycles. The molecule has 2 atom stereocenters. The molecule has 2 heterocycles. The first-order chi connectivity index (χ1) is 10.1. The molecular formula is C14H17N3O4. The summed E-state index contributed by atoms with van der Waals surface area (Å²) in [5, 5.41) is 14.3. The second kappa shape index (κ2) is 5.33. The smallest absolute Gasteiger partial charge is 0.311 e. The number of rotatable bonds is 3. The van der Waals surface area contributed by atoms with Gasteiger partial charge in [-0.1, -0.05) is 6.07 Å². The molecule has 0 bridgehead atoms. The summed E-state index contributed by atoms with van der Waals surface area (Å²) >= 11 is 0. The zero-order valence-electron chi connectivity index (χ0n) is 11.7. The van der Waals surface area contributed by atoms with E-state index in [2.05, 4.69) is 5.32 Å². The van der Waals surface area contributed by atoms with E-state index in [9.17, 15) is 14.9 Å². The topological polar surface area (TPSA) is 84.7 Å². The largest absolute Gasteiger partial charge is 0.490 e. The van der Waals surface area contributed by atoms with Gasteiger partial charge in [0.25, 0.3) is 5.91 Å². The fraction of sp³-hybridized carbons (Fsp3) is 0.500. The van der Waals surface area contributed by atoms with Crippen molar-refractivity contribution in [1.82, 2.24) is 10.2 Å². The molecule has 2 aliphatic rings. The van der Waals surface area contributed by atoms with Crippen molar-refractivity contribution < 1.29 is 14.5 Å². The second-order valence-electron chi connectivity index (χ2n) is 5.39. The summed E-state index contributed by atoms with van der Waals surface area (Å²) in [5.41, 5.74) is 0.0860. The summed E-state index contributed by atoms with van der Waals surface area (Å²) in [6.07, 6.45) is 0.973. The fourth-order valence-corrected chi connectivity index (χ4v) is 3.31. The van der Waals surface area contributed by atoms with Gasteiger partial charge in [0.05, 0.1) is 17.6 Å². The van der Waals surface area contributed by atoms with Crippen LogP contribution in [0.2, 0.25) is 0 Å². The Morgan fingerprint density at radius 2 is 2.29 bits per heavy atom. The van der Waals surface area contributed by atoms with Crippen LogP contribution in [-0.2, 0) is 0 Å². The number of para-hydroxylation sites is 1. The van der Waals surface area contributed by atoms with Crippen molar-refractivity contribution in [2.24, 2.45) is 5.92 Å². The molecule has 2 saturated heterocycles. The molecule has 0 saturated carbocycles. The monoisotopic (exact) mass is 291 g/mol. The van der Waals surface area contributed by atoms with Gasteiger partial charge in [-0.15, -0.1) is 0 Å². The lowest BCUT2D eigenvalue weighted by Gasteiger charge is -2.24. The number of ether oxygens (including phenoxy) is 1. The van der Waals surface area contributed by atoms with Gasteiger partial charge in [-0.3, -0.25) is 14.9 Å². The van der Waals surface area contributed by atoms with Gasteiger partial charge in [-0.2, -0.15) is 0 Å². The minimum Gasteiger partial charge on any atom is -0.490 e. The van der Waals surface area contributed by atoms with Gasteiger partial charge in [-0.05, 0) is 18.4 Å². The number of nitro benzene ring substituents is 1. The predicted octanol–water partition coefficient (Wildman–Crippen LogP) is 1.04. The summed E-state index contributed by atoms with van der Waals surface area (Å²) in [6, 6.07) is 4.64. The summed E-state index contributed by atoms with van der Waals surface area (Å²) in [4.78, 5) is 25.1. The molecular weight excluding hydrogens is 274 g/mol. The van der Waals surface area contributed by atoms with Crippen LogP contribution in [0.25, 0.3) is 0 Å². The number of nitrogens with one attached hydrogen (secondary N) is 1. The summed E-state index contributed by atoms with van der Waals surface area (Å²) in [6.45, 7) is 2.41. The van der Waals surface area contributed by atoms with Crippen molar-refractivity contribution in [3.8, 4) is 5.75 Å². The number of carbonyl (C=O) groups excluding carboxylic acids is 1. The maximum atomic E-state index is 12.7. The van der Waals surface area contributed by atoms with Gasteiger partial charge < -0.3 is 15.0 Å². The van der Waals surface area contributed by atoms with E-state index in [1.165, 1.54) is 19.2 Å². The van der Waals surface area contributed by atoms with Crippen molar-refractivity contribution in [2.45, 2.75) is 12.5 Å². The average Bonchev–Trinajstić information content (AvgIpc) is 3.08. The van der Waals surface area contributed by atoms with Gasteiger partial charge in [-0.25, -0.2) is 0 Å². The van der Waals surface area contributed by atoms with Crippen LogP contribution in [0.15, 0.2) is 18.2 Å². The highest BCUT2D eigenvalue weighted by atomic mass is 16.6. The van der Waals surface area contributed by atoms with Gasteiger partial charge in [0.2, 0.25) is 5.75 Å². The first-order valence-electron chi connectivity index (χ1n) is 6.96. The van der Waals surface area contributed by atoms with Crippen LogP contribution >= 0.6 is 0 Å². The maximum Gasteiger partial charge on any atom is 0.311 e. The molecule has 2 aliphatic heterocycles. The van der Waals surface area contributed by atoms with E-state index in [-0.39, 0.29) is 28.9 Å². The van der Waals surface area contributed by atoms with Crippen LogP contribution in [-0.4, -0.2) is 48.5 Å². The molecule has 7 heteroatoms. The molecule has 3 rings (SSSR count). The lowest BCUT2D eigenvalue weighted by Crippen LogP contribution is -2.39. The number of methoxy groups -OCH3 is 1. The van der Waals surface area contributed by atoms with E-state index >= 15 is 0 Å². The van der Waals surface area contributed by atoms with E-state index in [1.807, 2.05) is 4.90 Å². The highest BCUT2D eigenvalue weighted by Gasteiger charge is 2.41. The molecule has 0 radical (unpaired) electrons. The second-order valence-corrected chi connectivity index (χ2v) is 5.39. The predicted molar refractivity (Wildman–Crippen MR) is 75.4 cm³/mol. The summed E-state index contributed by atoms with van der Waals surface area (Å²) in [7, 11) is 1.35. The Bertz CT molecular complexity index is 590. The number of nitro groups is 1. The normalized spacial score (nSPS) is 24.0. The molecule has 0 aromatic heterocycles. The lowest BCUT2D eigenvalue weighted by atomic mass is 10.0. The average molecular weight is 291 g/mol. The quantitative estimate of drug-likeness (QED) is 0.664. The Morgan fingerprint density at radius 3 is 3.00 bits per heavy atom. The first-order valence-corrected chi connectivity index (χ1v) is 6.96. The number of fused-ring (bicyclic) bond motifs is 1. The van der Waals surface area contributed by atoms with Crippen molar-refractivity contribution in [3.63, 3.8) is 0 Å². The highest BCUT2D eigenvalue weighted by molar-refractivity contribution is 5.98. The van der Waals surface area contributed by atoms with Crippen LogP contribution in [0.3, 0.4) is 0 Å². The fourth-order valence-electron chi connectivity index (χ4n) is 3.31. The van der Waals surface area contributed by atoms with E-state index in [1.54, 1.807) is 6.07 Å². The number of likely N-dealkylation sites (tertiary alicyclic amines) is 1. The Balaban J connectivity index is 1.95. The number of amides is 1. The molecule has 0 aliphatic carbocycles. The summed E-state index contributed by atoms with van der Waals surface area (Å²) < 4.78 is 5.13. The molecule has 1 N–H and O–H groups in total. The van der Waals surface area contributed by atoms with E-state index in [0.717, 1.165) is 19.5 Å². The number of hydrogen-bond donors (Lipinski definition) is 1. The number of hydrogen-bond acceptors (Lipinski definition) is 5. The van der Waals surface area contributed by atoms with Gasteiger partial charge in [0.1, 0.15) is 0 Å². The third kappa shape index (κ3) is 2.23. The molecule has 7 nitrogen and oxygen atoms in total. The van der Waals surface area contributed by atoms with Gasteiger partial charge in [0, 0.05) is 31.7 Å². The molecule has 0 spiro atoms. The molecule has 1 aromatic rings. The summed E-state index contributed by atoms with van der Waals surface area (Å²) in [5.74, 6) is 0.340. The van der Waals surface area contributed by atoms with E-state index < -0.39 is 4.92 Å². The molecule has 2 fully saturated rings. The van der Waals surface area contributed by atoms with Crippen LogP contribution in [0.1, 0.15) is 16.8 Å². The van der Waals surface area contributed by atoms with E-state index in [0.29, 0.717) is 12.5 Å². The Kier molecular flexibility index (Phi) is 3.50. The standard InChI is InChI=1S/C14H17N3O4/c1-21-13-10(3-2-4-11(13)17(19)20)14(18)16-6-5-9-7-15-8-12(9)16/h2-4,9,12,15H,5-8H2,1H3/t9-,12+/m0/s1. The van der Waals surface area contributed by atoms with Gasteiger partial charge >= 0.3 is 5.69 Å². The Hall–Kier alpha value is -2.15. The lowest BCUT2D eigenvalue weighted by molar-refractivity contribution is -0.385. The van der Waals surface area contributed by atoms with E-state index in [4.69, 9.17) is 4.74 Å². The minimum absolute atomic E-state index is 0.0434. The number of benzene rings is 1. The highest BCUT2D eigenvalue weighted by Crippen LogP contribution is 2.34. The van der Waals surface area contributed by atoms with Crippen LogP contribution < -0.4 is 10.1 Å². The Morgan fingerprint density at radius 1 is 1.48 bits per heavy atom. The van der Waals surface area contributed by atoms with Gasteiger partial charge in [0.15, 0.2) is 0 Å². The van der Waals surface area contributed by atoms with Crippen molar-refractivity contribution in [2.75, 3.05) is 26.7 Å². The van der Waals surface area contributed by atoms with Crippen molar-refractivity contribution >= 4 is 11.6 Å². The molecule has 112 valence electrons. The van der Waals surface area contributed by atoms with Crippen LogP contribution in [0, 0.1) is 16.0 Å².